The Morgan fingerprint density at radius 3 is 2.50 bits per heavy atom. The van der Waals surface area contributed by atoms with Gasteiger partial charge < -0.3 is 10.6 Å². The van der Waals surface area contributed by atoms with Crippen molar-refractivity contribution in [2.75, 3.05) is 0 Å². The molecule has 1 aromatic heterocycles. The molecule has 2 N–H and O–H groups in total. The Hall–Kier alpha value is -2.44. The number of carbonyl (C=O) groups is 2. The van der Waals surface area contributed by atoms with Crippen molar-refractivity contribution >= 4 is 35.0 Å². The van der Waals surface area contributed by atoms with Gasteiger partial charge in [0.15, 0.2) is 5.82 Å². The van der Waals surface area contributed by atoms with Crippen LogP contribution in [-0.4, -0.2) is 32.7 Å². The number of carbonyl (C=O) groups excluding carboxylic acids is 2. The van der Waals surface area contributed by atoms with Gasteiger partial charge in [-0.25, -0.2) is 9.97 Å². The van der Waals surface area contributed by atoms with Gasteiger partial charge in [-0.3, -0.25) is 9.59 Å². The van der Waals surface area contributed by atoms with Crippen LogP contribution >= 0.6 is 23.2 Å². The highest BCUT2D eigenvalue weighted by atomic mass is 35.5. The highest BCUT2D eigenvalue weighted by Crippen LogP contribution is 2.36. The summed E-state index contributed by atoms with van der Waals surface area (Å²) in [5, 5.41) is 0.396. The highest BCUT2D eigenvalue weighted by Gasteiger charge is 2.40. The maximum absolute atomic E-state index is 12.5. The van der Waals surface area contributed by atoms with Crippen molar-refractivity contribution in [3.8, 4) is 11.4 Å². The largest absolute Gasteiger partial charge is 0.368 e. The molecule has 1 aromatic carbocycles. The number of hydrogen-bond donors (Lipinski definition) is 1. The first-order chi connectivity index (χ1) is 12.5. The Kier molecular flexibility index (Phi) is 5.54. The van der Waals surface area contributed by atoms with E-state index in [1.165, 1.54) is 11.0 Å². The van der Waals surface area contributed by atoms with Gasteiger partial charge in [0.2, 0.25) is 11.8 Å². The number of primary amides is 1. The second-order valence-electron chi connectivity index (χ2n) is 5.92. The second kappa shape index (κ2) is 7.85. The lowest BCUT2D eigenvalue weighted by Crippen LogP contribution is -2.42. The molecule has 1 unspecified atom stereocenters. The quantitative estimate of drug-likeness (QED) is 0.767. The van der Waals surface area contributed by atoms with E-state index in [4.69, 9.17) is 28.9 Å². The molecular weight excluding hydrogens is 375 g/mol. The summed E-state index contributed by atoms with van der Waals surface area (Å²) < 4.78 is 0. The molecule has 1 saturated carbocycles. The Morgan fingerprint density at radius 1 is 1.23 bits per heavy atom. The van der Waals surface area contributed by atoms with Crippen LogP contribution in [0.4, 0.5) is 0 Å². The van der Waals surface area contributed by atoms with Gasteiger partial charge in [-0.1, -0.05) is 23.2 Å². The van der Waals surface area contributed by atoms with Gasteiger partial charge in [-0.05, 0) is 42.7 Å². The minimum absolute atomic E-state index is 0.0525. The lowest BCUT2D eigenvalue weighted by Gasteiger charge is -2.29. The third-order valence-corrected chi connectivity index (χ3v) is 4.35. The van der Waals surface area contributed by atoms with Crippen LogP contribution in [0.15, 0.2) is 48.3 Å². The van der Waals surface area contributed by atoms with Gasteiger partial charge in [0.05, 0.1) is 0 Å². The first-order valence-corrected chi connectivity index (χ1v) is 8.79. The SMILES string of the molecule is NC(=O)C(c1cc(Cl)cc(-c2ncccn2)c1)N(C(=O)/C=C\Cl)C1CC1. The predicted octanol–water partition coefficient (Wildman–Crippen LogP) is 3.07. The summed E-state index contributed by atoms with van der Waals surface area (Å²) in [7, 11) is 0. The molecule has 1 fully saturated rings. The van der Waals surface area contributed by atoms with Gasteiger partial charge in [-0.15, -0.1) is 0 Å². The van der Waals surface area contributed by atoms with E-state index < -0.39 is 11.9 Å². The van der Waals surface area contributed by atoms with Gasteiger partial charge in [0, 0.05) is 40.6 Å². The first-order valence-electron chi connectivity index (χ1n) is 7.97. The number of rotatable bonds is 6. The molecule has 8 heteroatoms. The summed E-state index contributed by atoms with van der Waals surface area (Å²) in [5.41, 5.74) is 7.91. The van der Waals surface area contributed by atoms with Crippen molar-refractivity contribution in [2.24, 2.45) is 5.73 Å². The number of amides is 2. The second-order valence-corrected chi connectivity index (χ2v) is 6.61. The minimum atomic E-state index is -0.955. The number of aromatic nitrogens is 2. The number of nitrogens with two attached hydrogens (primary N) is 1. The molecule has 1 atom stereocenters. The standard InChI is InChI=1S/C18H16Cl2N4O2/c19-5-4-15(25)24(14-2-3-14)16(17(21)26)11-8-12(10-13(20)9-11)18-22-6-1-7-23-18/h1,4-10,14,16H,2-3H2,(H2,21,26)/b5-4-. The Labute approximate surface area is 160 Å². The summed E-state index contributed by atoms with van der Waals surface area (Å²) in [6, 6.07) is 5.74. The zero-order chi connectivity index (χ0) is 18.7. The van der Waals surface area contributed by atoms with Crippen LogP contribution < -0.4 is 5.73 Å². The molecule has 1 heterocycles. The molecule has 2 amide bonds. The van der Waals surface area contributed by atoms with Crippen LogP contribution in [0.3, 0.4) is 0 Å². The Balaban J connectivity index is 2.07. The molecule has 1 aliphatic rings. The van der Waals surface area contributed by atoms with E-state index in [1.807, 2.05) is 0 Å². The van der Waals surface area contributed by atoms with Crippen molar-refractivity contribution in [1.29, 1.82) is 0 Å². The first kappa shape index (κ1) is 18.4. The van der Waals surface area contributed by atoms with Gasteiger partial charge >= 0.3 is 0 Å². The average molecular weight is 391 g/mol. The van der Waals surface area contributed by atoms with E-state index in [0.29, 0.717) is 22.0 Å². The fourth-order valence-electron chi connectivity index (χ4n) is 2.82. The molecule has 26 heavy (non-hydrogen) atoms. The lowest BCUT2D eigenvalue weighted by molar-refractivity contribution is -0.136. The molecular formula is C18H16Cl2N4O2. The number of benzene rings is 1. The molecule has 3 rings (SSSR count). The van der Waals surface area contributed by atoms with Crippen molar-refractivity contribution in [1.82, 2.24) is 14.9 Å². The molecule has 0 radical (unpaired) electrons. The normalized spacial score (nSPS) is 15.0. The van der Waals surface area contributed by atoms with E-state index in [2.05, 4.69) is 9.97 Å². The zero-order valence-corrected chi connectivity index (χ0v) is 15.2. The molecule has 1 aliphatic carbocycles. The molecule has 2 aromatic rings. The lowest BCUT2D eigenvalue weighted by atomic mass is 10.0. The molecule has 0 bridgehead atoms. The number of hydrogen-bond acceptors (Lipinski definition) is 4. The van der Waals surface area contributed by atoms with Crippen LogP contribution in [0.1, 0.15) is 24.4 Å². The van der Waals surface area contributed by atoms with Crippen LogP contribution in [0.5, 0.6) is 0 Å². The molecule has 0 saturated heterocycles. The van der Waals surface area contributed by atoms with E-state index in [-0.39, 0.29) is 11.9 Å². The van der Waals surface area contributed by atoms with Crippen LogP contribution in [0.25, 0.3) is 11.4 Å². The summed E-state index contributed by atoms with van der Waals surface area (Å²) in [5.74, 6) is -0.552. The monoisotopic (exact) mass is 390 g/mol. The summed E-state index contributed by atoms with van der Waals surface area (Å²) >= 11 is 11.8. The van der Waals surface area contributed by atoms with Crippen LogP contribution in [0.2, 0.25) is 5.02 Å². The van der Waals surface area contributed by atoms with Crippen molar-refractivity contribution in [3.63, 3.8) is 0 Å². The molecule has 0 spiro atoms. The van der Waals surface area contributed by atoms with Crippen molar-refractivity contribution < 1.29 is 9.59 Å². The minimum Gasteiger partial charge on any atom is -0.368 e. The van der Waals surface area contributed by atoms with Gasteiger partial charge in [0.25, 0.3) is 0 Å². The van der Waals surface area contributed by atoms with E-state index >= 15 is 0 Å². The fourth-order valence-corrected chi connectivity index (χ4v) is 3.17. The van der Waals surface area contributed by atoms with E-state index in [0.717, 1.165) is 18.4 Å². The molecule has 0 aliphatic heterocycles. The maximum Gasteiger partial charge on any atom is 0.248 e. The summed E-state index contributed by atoms with van der Waals surface area (Å²) in [6.45, 7) is 0. The molecule has 6 nitrogen and oxygen atoms in total. The topological polar surface area (TPSA) is 89.2 Å². The Bertz CT molecular complexity index is 854. The summed E-state index contributed by atoms with van der Waals surface area (Å²) in [4.78, 5) is 34.6. The zero-order valence-electron chi connectivity index (χ0n) is 13.7. The van der Waals surface area contributed by atoms with E-state index in [1.54, 1.807) is 36.7 Å². The average Bonchev–Trinajstić information content (AvgIpc) is 3.44. The van der Waals surface area contributed by atoms with Gasteiger partial charge in [-0.2, -0.15) is 0 Å². The van der Waals surface area contributed by atoms with Crippen molar-refractivity contribution in [2.45, 2.75) is 24.9 Å². The smallest absolute Gasteiger partial charge is 0.248 e. The van der Waals surface area contributed by atoms with Crippen LogP contribution in [-0.2, 0) is 9.59 Å². The number of nitrogens with zero attached hydrogens (tertiary/aromatic N) is 3. The maximum atomic E-state index is 12.5. The van der Waals surface area contributed by atoms with Crippen LogP contribution in [0, 0.1) is 0 Å². The molecule has 134 valence electrons. The van der Waals surface area contributed by atoms with Crippen molar-refractivity contribution in [3.05, 3.63) is 58.9 Å². The van der Waals surface area contributed by atoms with E-state index in [9.17, 15) is 9.59 Å². The highest BCUT2D eigenvalue weighted by molar-refractivity contribution is 6.31. The number of halogens is 2. The Morgan fingerprint density at radius 2 is 1.92 bits per heavy atom. The summed E-state index contributed by atoms with van der Waals surface area (Å²) in [6.07, 6.45) is 6.04. The third kappa shape index (κ3) is 4.03. The predicted molar refractivity (Wildman–Crippen MR) is 99.3 cm³/mol. The fraction of sp³-hybridized carbons (Fsp3) is 0.222. The van der Waals surface area contributed by atoms with Gasteiger partial charge in [0.1, 0.15) is 6.04 Å². The third-order valence-electron chi connectivity index (χ3n) is 4.01.